The van der Waals surface area contributed by atoms with Gasteiger partial charge in [-0.1, -0.05) is 0 Å². The van der Waals surface area contributed by atoms with Crippen molar-refractivity contribution in [2.45, 2.75) is 24.9 Å². The number of amides is 2. The van der Waals surface area contributed by atoms with E-state index in [1.807, 2.05) is 0 Å². The second kappa shape index (κ2) is 4.43. The molecule has 0 unspecified atom stereocenters. The first kappa shape index (κ1) is 11.4. The van der Waals surface area contributed by atoms with Crippen LogP contribution in [0.4, 0.5) is 4.79 Å². The summed E-state index contributed by atoms with van der Waals surface area (Å²) in [5.41, 5.74) is -0.160. The molecule has 2 heterocycles. The van der Waals surface area contributed by atoms with Gasteiger partial charge in [-0.25, -0.2) is 4.79 Å². The Hall–Kier alpha value is -1.08. The monoisotopic (exact) mass is 225 g/mol. The SMILES string of the molecule is CO[B]C(=O)[C@@H]1CC[C@@H]2CN1C(=O)N2OC. The van der Waals surface area contributed by atoms with E-state index in [-0.39, 0.29) is 17.8 Å². The van der Waals surface area contributed by atoms with E-state index < -0.39 is 6.04 Å². The highest BCUT2D eigenvalue weighted by Crippen LogP contribution is 2.29. The third-order valence-corrected chi connectivity index (χ3v) is 3.08. The van der Waals surface area contributed by atoms with Crippen LogP contribution in [0.5, 0.6) is 0 Å². The van der Waals surface area contributed by atoms with Crippen LogP contribution in [0, 0.1) is 0 Å². The van der Waals surface area contributed by atoms with E-state index in [1.165, 1.54) is 19.3 Å². The Labute approximate surface area is 94.7 Å². The van der Waals surface area contributed by atoms with Gasteiger partial charge in [-0.3, -0.25) is 4.84 Å². The summed E-state index contributed by atoms with van der Waals surface area (Å²) in [7, 11) is 4.06. The van der Waals surface area contributed by atoms with Crippen molar-refractivity contribution >= 4 is 19.2 Å². The van der Waals surface area contributed by atoms with Crippen LogP contribution in [-0.2, 0) is 14.3 Å². The predicted octanol–water partition coefficient (Wildman–Crippen LogP) is -0.391. The van der Waals surface area contributed by atoms with E-state index in [0.29, 0.717) is 13.0 Å². The van der Waals surface area contributed by atoms with E-state index in [2.05, 4.69) is 0 Å². The Bertz CT molecular complexity index is 312. The first-order valence-corrected chi connectivity index (χ1v) is 5.22. The molecule has 2 aliphatic heterocycles. The van der Waals surface area contributed by atoms with Crippen molar-refractivity contribution in [3.05, 3.63) is 0 Å². The van der Waals surface area contributed by atoms with Crippen LogP contribution in [0.25, 0.3) is 0 Å². The first-order chi connectivity index (χ1) is 7.69. The van der Waals surface area contributed by atoms with Gasteiger partial charge in [0.05, 0.1) is 19.2 Å². The molecule has 2 aliphatic rings. The zero-order chi connectivity index (χ0) is 11.7. The molecule has 6 nitrogen and oxygen atoms in total. The highest BCUT2D eigenvalue weighted by molar-refractivity contribution is 6.70. The van der Waals surface area contributed by atoms with E-state index in [4.69, 9.17) is 9.49 Å². The molecule has 2 amide bonds. The number of piperidine rings is 1. The lowest BCUT2D eigenvalue weighted by molar-refractivity contribution is -0.117. The van der Waals surface area contributed by atoms with Gasteiger partial charge in [0.15, 0.2) is 0 Å². The van der Waals surface area contributed by atoms with Crippen LogP contribution >= 0.6 is 0 Å². The zero-order valence-corrected chi connectivity index (χ0v) is 9.38. The molecule has 0 aromatic carbocycles. The minimum atomic E-state index is -0.399. The number of carbonyl (C=O) groups excluding carboxylic acids is 2. The average Bonchev–Trinajstić information content (AvgIpc) is 2.52. The number of hydrogen-bond acceptors (Lipinski definition) is 4. The fourth-order valence-electron chi connectivity index (χ4n) is 2.35. The van der Waals surface area contributed by atoms with Crippen molar-refractivity contribution in [2.75, 3.05) is 20.8 Å². The normalized spacial score (nSPS) is 28.5. The first-order valence-electron chi connectivity index (χ1n) is 5.22. The number of hydroxylamine groups is 2. The standard InChI is InChI=1S/C9H14BN2O4/c1-15-10-8(13)7-4-3-6-5-11(7)9(14)12(6)16-2/h6-7H,3-5H2,1-2H3/t6-,7+/m1/s1. The van der Waals surface area contributed by atoms with Crippen LogP contribution in [0.3, 0.4) is 0 Å². The molecule has 16 heavy (non-hydrogen) atoms. The van der Waals surface area contributed by atoms with Crippen LogP contribution < -0.4 is 0 Å². The number of urea groups is 1. The highest BCUT2D eigenvalue weighted by Gasteiger charge is 2.47. The van der Waals surface area contributed by atoms with Crippen molar-refractivity contribution in [2.24, 2.45) is 0 Å². The second-order valence-corrected chi connectivity index (χ2v) is 3.95. The third-order valence-electron chi connectivity index (χ3n) is 3.08. The molecular weight excluding hydrogens is 211 g/mol. The minimum absolute atomic E-state index is 0.0732. The van der Waals surface area contributed by atoms with Crippen molar-refractivity contribution in [1.29, 1.82) is 0 Å². The Morgan fingerprint density at radius 1 is 1.44 bits per heavy atom. The van der Waals surface area contributed by atoms with Gasteiger partial charge in [-0.2, -0.15) is 5.06 Å². The maximum atomic E-state index is 11.9. The van der Waals surface area contributed by atoms with Crippen molar-refractivity contribution in [1.82, 2.24) is 9.96 Å². The summed E-state index contributed by atoms with van der Waals surface area (Å²) in [6.07, 6.45) is 1.44. The van der Waals surface area contributed by atoms with Gasteiger partial charge in [0.1, 0.15) is 5.68 Å². The predicted molar refractivity (Wildman–Crippen MR) is 55.5 cm³/mol. The third kappa shape index (κ3) is 1.70. The Balaban J connectivity index is 2.10. The summed E-state index contributed by atoms with van der Waals surface area (Å²) in [6.45, 7) is 0.556. The molecule has 0 spiro atoms. The maximum Gasteiger partial charge on any atom is 0.378 e. The lowest BCUT2D eigenvalue weighted by atomic mass is 9.82. The molecule has 87 valence electrons. The molecule has 0 N–H and O–H groups in total. The lowest BCUT2D eigenvalue weighted by Gasteiger charge is -2.28. The summed E-state index contributed by atoms with van der Waals surface area (Å²) in [6, 6.07) is -0.555. The van der Waals surface area contributed by atoms with Gasteiger partial charge in [0.25, 0.3) is 0 Å². The van der Waals surface area contributed by atoms with Gasteiger partial charge in [0, 0.05) is 13.7 Å². The topological polar surface area (TPSA) is 59.1 Å². The van der Waals surface area contributed by atoms with Crippen molar-refractivity contribution < 1.29 is 19.1 Å². The summed E-state index contributed by atoms with van der Waals surface area (Å²) in [4.78, 5) is 30.1. The number of nitrogens with zero attached hydrogens (tertiary/aromatic N) is 2. The number of carbonyl (C=O) groups is 2. The summed E-state index contributed by atoms with van der Waals surface area (Å²) >= 11 is 0. The van der Waals surface area contributed by atoms with Crippen LogP contribution in [-0.4, -0.2) is 62.0 Å². The van der Waals surface area contributed by atoms with Crippen LogP contribution in [0.15, 0.2) is 0 Å². The highest BCUT2D eigenvalue weighted by atomic mass is 16.7. The zero-order valence-electron chi connectivity index (χ0n) is 9.38. The van der Waals surface area contributed by atoms with E-state index in [9.17, 15) is 9.59 Å². The Morgan fingerprint density at radius 2 is 2.19 bits per heavy atom. The number of rotatable bonds is 4. The van der Waals surface area contributed by atoms with E-state index >= 15 is 0 Å². The Kier molecular flexibility index (Phi) is 3.16. The second-order valence-electron chi connectivity index (χ2n) is 3.95. The molecule has 2 bridgehead atoms. The van der Waals surface area contributed by atoms with Crippen molar-refractivity contribution in [3.63, 3.8) is 0 Å². The number of hydrogen-bond donors (Lipinski definition) is 0. The molecule has 1 radical (unpaired) electrons. The molecule has 0 aliphatic carbocycles. The van der Waals surface area contributed by atoms with Crippen LogP contribution in [0.2, 0.25) is 0 Å². The smallest absolute Gasteiger partial charge is 0.378 e. The van der Waals surface area contributed by atoms with Gasteiger partial charge in [0.2, 0.25) is 0 Å². The summed E-state index contributed by atoms with van der Waals surface area (Å²) in [5.74, 6) is 0. The molecular formula is C9H14BN2O4. The molecule has 2 saturated heterocycles. The van der Waals surface area contributed by atoms with Crippen molar-refractivity contribution in [3.8, 4) is 0 Å². The molecule has 0 aromatic rings. The Morgan fingerprint density at radius 3 is 2.81 bits per heavy atom. The van der Waals surface area contributed by atoms with E-state index in [1.54, 1.807) is 4.90 Å². The largest absolute Gasteiger partial charge is 0.434 e. The molecule has 0 saturated carbocycles. The number of fused-ring (bicyclic) bond motifs is 2. The minimum Gasteiger partial charge on any atom is -0.434 e. The lowest BCUT2D eigenvalue weighted by Crippen LogP contribution is -2.47. The van der Waals surface area contributed by atoms with Gasteiger partial charge < -0.3 is 14.3 Å². The van der Waals surface area contributed by atoms with Gasteiger partial charge >= 0.3 is 13.5 Å². The fraction of sp³-hybridized carbons (Fsp3) is 0.778. The van der Waals surface area contributed by atoms with Gasteiger partial charge in [-0.05, 0) is 12.8 Å². The average molecular weight is 225 g/mol. The van der Waals surface area contributed by atoms with E-state index in [0.717, 1.165) is 13.9 Å². The molecule has 2 atom stereocenters. The summed E-state index contributed by atoms with van der Waals surface area (Å²) < 4.78 is 4.69. The maximum absolute atomic E-state index is 11.9. The quantitative estimate of drug-likeness (QED) is 0.611. The van der Waals surface area contributed by atoms with Gasteiger partial charge in [-0.15, -0.1) is 0 Å². The molecule has 2 fully saturated rings. The molecule has 0 aromatic heterocycles. The molecule has 7 heteroatoms. The molecule has 2 rings (SSSR count). The fourth-order valence-corrected chi connectivity index (χ4v) is 2.35. The summed E-state index contributed by atoms with van der Waals surface area (Å²) in [5, 5.41) is 1.35. The van der Waals surface area contributed by atoms with Crippen LogP contribution in [0.1, 0.15) is 12.8 Å².